The summed E-state index contributed by atoms with van der Waals surface area (Å²) in [6, 6.07) is 3.74. The molecule has 0 radical (unpaired) electrons. The van der Waals surface area contributed by atoms with Crippen LogP contribution >= 0.6 is 0 Å². The van der Waals surface area contributed by atoms with Crippen LogP contribution in [0.15, 0.2) is 18.2 Å². The van der Waals surface area contributed by atoms with Gasteiger partial charge in [0.1, 0.15) is 0 Å². The molecule has 0 atom stereocenters. The SMILES string of the molecule is CN1CCN(c2cc(N)cc(C(F)(F)F)c2)CC1. The van der Waals surface area contributed by atoms with Crippen LogP contribution < -0.4 is 10.6 Å². The van der Waals surface area contributed by atoms with Gasteiger partial charge in [-0.25, -0.2) is 0 Å². The Morgan fingerprint density at radius 3 is 2.22 bits per heavy atom. The Balaban J connectivity index is 2.25. The van der Waals surface area contributed by atoms with Crippen LogP contribution in [0.1, 0.15) is 5.56 Å². The normalized spacial score (nSPS) is 18.1. The van der Waals surface area contributed by atoms with Crippen LogP contribution in [0.5, 0.6) is 0 Å². The molecule has 1 heterocycles. The molecule has 1 aliphatic rings. The lowest BCUT2D eigenvalue weighted by atomic mass is 10.1. The first-order chi connectivity index (χ1) is 8.36. The molecule has 18 heavy (non-hydrogen) atoms. The minimum atomic E-state index is -4.35. The van der Waals surface area contributed by atoms with E-state index in [9.17, 15) is 13.2 Å². The van der Waals surface area contributed by atoms with Gasteiger partial charge >= 0.3 is 6.18 Å². The van der Waals surface area contributed by atoms with Gasteiger partial charge in [0, 0.05) is 37.6 Å². The Morgan fingerprint density at radius 2 is 1.67 bits per heavy atom. The van der Waals surface area contributed by atoms with Crippen LogP contribution in [0.4, 0.5) is 24.5 Å². The molecule has 0 bridgehead atoms. The molecule has 0 amide bonds. The molecular formula is C12H16F3N3. The molecule has 0 spiro atoms. The topological polar surface area (TPSA) is 32.5 Å². The van der Waals surface area contributed by atoms with Crippen LogP contribution in [0.2, 0.25) is 0 Å². The van der Waals surface area contributed by atoms with Gasteiger partial charge in [-0.1, -0.05) is 0 Å². The average molecular weight is 259 g/mol. The van der Waals surface area contributed by atoms with Gasteiger partial charge in [-0.05, 0) is 25.2 Å². The van der Waals surface area contributed by atoms with E-state index >= 15 is 0 Å². The molecule has 2 rings (SSSR count). The largest absolute Gasteiger partial charge is 0.416 e. The summed E-state index contributed by atoms with van der Waals surface area (Å²) in [5, 5.41) is 0. The van der Waals surface area contributed by atoms with Gasteiger partial charge in [-0.3, -0.25) is 0 Å². The lowest BCUT2D eigenvalue weighted by molar-refractivity contribution is -0.137. The summed E-state index contributed by atoms with van der Waals surface area (Å²) < 4.78 is 38.1. The van der Waals surface area contributed by atoms with Crippen molar-refractivity contribution in [2.24, 2.45) is 0 Å². The van der Waals surface area contributed by atoms with Crippen molar-refractivity contribution in [2.75, 3.05) is 43.9 Å². The molecule has 0 unspecified atom stereocenters. The van der Waals surface area contributed by atoms with Gasteiger partial charge < -0.3 is 15.5 Å². The zero-order valence-electron chi connectivity index (χ0n) is 10.2. The molecule has 0 aromatic heterocycles. The van der Waals surface area contributed by atoms with Crippen LogP contribution in [-0.2, 0) is 6.18 Å². The number of nitrogen functional groups attached to an aromatic ring is 1. The summed E-state index contributed by atoms with van der Waals surface area (Å²) in [4.78, 5) is 4.08. The zero-order chi connectivity index (χ0) is 13.3. The van der Waals surface area contributed by atoms with Crippen molar-refractivity contribution in [3.8, 4) is 0 Å². The molecular weight excluding hydrogens is 243 g/mol. The summed E-state index contributed by atoms with van der Waals surface area (Å²) in [7, 11) is 2.00. The minimum absolute atomic E-state index is 0.152. The average Bonchev–Trinajstić information content (AvgIpc) is 2.28. The number of hydrogen-bond donors (Lipinski definition) is 1. The van der Waals surface area contributed by atoms with Crippen molar-refractivity contribution in [3.05, 3.63) is 23.8 Å². The zero-order valence-corrected chi connectivity index (χ0v) is 10.2. The third-order valence-electron chi connectivity index (χ3n) is 3.14. The van der Waals surface area contributed by atoms with E-state index < -0.39 is 11.7 Å². The van der Waals surface area contributed by atoms with Gasteiger partial charge in [0.25, 0.3) is 0 Å². The maximum absolute atomic E-state index is 12.7. The van der Waals surface area contributed by atoms with Crippen LogP contribution in [0, 0.1) is 0 Å². The summed E-state index contributed by atoms with van der Waals surface area (Å²) >= 11 is 0. The molecule has 2 N–H and O–H groups in total. The third-order valence-corrected chi connectivity index (χ3v) is 3.14. The molecule has 1 aliphatic heterocycles. The number of piperazine rings is 1. The highest BCUT2D eigenvalue weighted by Crippen LogP contribution is 2.33. The van der Waals surface area contributed by atoms with Crippen molar-refractivity contribution in [2.45, 2.75) is 6.18 Å². The fourth-order valence-corrected chi connectivity index (χ4v) is 2.05. The molecule has 0 aliphatic carbocycles. The van der Waals surface area contributed by atoms with Crippen molar-refractivity contribution < 1.29 is 13.2 Å². The first-order valence-electron chi connectivity index (χ1n) is 5.77. The highest BCUT2D eigenvalue weighted by Gasteiger charge is 2.31. The van der Waals surface area contributed by atoms with Crippen LogP contribution in [0.25, 0.3) is 0 Å². The van der Waals surface area contributed by atoms with Crippen LogP contribution in [0.3, 0.4) is 0 Å². The summed E-state index contributed by atoms with van der Waals surface area (Å²) in [6.45, 7) is 3.13. The molecule has 3 nitrogen and oxygen atoms in total. The standard InChI is InChI=1S/C12H16F3N3/c1-17-2-4-18(5-3-17)11-7-9(12(13,14)15)6-10(16)8-11/h6-8H,2-5,16H2,1H3. The minimum Gasteiger partial charge on any atom is -0.399 e. The quantitative estimate of drug-likeness (QED) is 0.783. The first-order valence-corrected chi connectivity index (χ1v) is 5.77. The third kappa shape index (κ3) is 2.87. The number of rotatable bonds is 1. The highest BCUT2D eigenvalue weighted by molar-refractivity contribution is 5.59. The number of halogens is 3. The smallest absolute Gasteiger partial charge is 0.399 e. The van der Waals surface area contributed by atoms with Crippen molar-refractivity contribution in [1.29, 1.82) is 0 Å². The second-order valence-corrected chi connectivity index (χ2v) is 4.60. The number of benzene rings is 1. The van der Waals surface area contributed by atoms with Gasteiger partial charge in [-0.2, -0.15) is 13.2 Å². The van der Waals surface area contributed by atoms with Gasteiger partial charge in [0.05, 0.1) is 5.56 Å². The van der Waals surface area contributed by atoms with E-state index in [1.54, 1.807) is 6.07 Å². The molecule has 1 aromatic rings. The van der Waals surface area contributed by atoms with Crippen molar-refractivity contribution in [3.63, 3.8) is 0 Å². The van der Waals surface area contributed by atoms with Crippen molar-refractivity contribution in [1.82, 2.24) is 4.90 Å². The number of anilines is 2. The Kier molecular flexibility index (Phi) is 3.38. The van der Waals surface area contributed by atoms with Gasteiger partial charge in [0.15, 0.2) is 0 Å². The summed E-state index contributed by atoms with van der Waals surface area (Å²) in [5.74, 6) is 0. The fourth-order valence-electron chi connectivity index (χ4n) is 2.05. The molecule has 1 fully saturated rings. The Bertz CT molecular complexity index is 423. The van der Waals surface area contributed by atoms with Crippen molar-refractivity contribution >= 4 is 11.4 Å². The Labute approximate surface area is 104 Å². The van der Waals surface area contributed by atoms with Crippen LogP contribution in [-0.4, -0.2) is 38.1 Å². The maximum atomic E-state index is 12.7. The second-order valence-electron chi connectivity index (χ2n) is 4.60. The van der Waals surface area contributed by atoms with E-state index in [0.717, 1.165) is 32.2 Å². The molecule has 0 saturated carbocycles. The van der Waals surface area contributed by atoms with E-state index in [1.165, 1.54) is 6.07 Å². The highest BCUT2D eigenvalue weighted by atomic mass is 19.4. The molecule has 1 saturated heterocycles. The molecule has 6 heteroatoms. The predicted molar refractivity (Wildman–Crippen MR) is 65.6 cm³/mol. The first kappa shape index (κ1) is 13.0. The number of hydrogen-bond acceptors (Lipinski definition) is 3. The maximum Gasteiger partial charge on any atom is 0.416 e. The molecule has 1 aromatic carbocycles. The lowest BCUT2D eigenvalue weighted by Crippen LogP contribution is -2.44. The summed E-state index contributed by atoms with van der Waals surface area (Å²) in [5.41, 5.74) is 5.57. The second kappa shape index (κ2) is 4.68. The monoisotopic (exact) mass is 259 g/mol. The van der Waals surface area contributed by atoms with E-state index in [-0.39, 0.29) is 5.69 Å². The lowest BCUT2D eigenvalue weighted by Gasteiger charge is -2.34. The summed E-state index contributed by atoms with van der Waals surface area (Å²) in [6.07, 6.45) is -4.35. The van der Waals surface area contributed by atoms with E-state index in [0.29, 0.717) is 5.69 Å². The fraction of sp³-hybridized carbons (Fsp3) is 0.500. The molecule has 100 valence electrons. The van der Waals surface area contributed by atoms with Gasteiger partial charge in [0.2, 0.25) is 0 Å². The van der Waals surface area contributed by atoms with E-state index in [4.69, 9.17) is 5.73 Å². The Hall–Kier alpha value is -1.43. The number of nitrogens with zero attached hydrogens (tertiary/aromatic N) is 2. The van der Waals surface area contributed by atoms with Gasteiger partial charge in [-0.15, -0.1) is 0 Å². The Morgan fingerprint density at radius 1 is 1.06 bits per heavy atom. The predicted octanol–water partition coefficient (Wildman–Crippen LogP) is 2.04. The number of alkyl halides is 3. The number of nitrogens with two attached hydrogens (primary N) is 1. The van der Waals surface area contributed by atoms with E-state index in [1.807, 2.05) is 11.9 Å². The number of likely N-dealkylation sites (N-methyl/N-ethyl adjacent to an activating group) is 1. The van der Waals surface area contributed by atoms with E-state index in [2.05, 4.69) is 4.90 Å².